The van der Waals surface area contributed by atoms with E-state index in [1.54, 1.807) is 18.2 Å². The van der Waals surface area contributed by atoms with Crippen molar-refractivity contribution in [1.29, 1.82) is 0 Å². The van der Waals surface area contributed by atoms with E-state index in [0.717, 1.165) is 12.8 Å². The van der Waals surface area contributed by atoms with Gasteiger partial charge in [-0.3, -0.25) is 0 Å². The molecule has 1 radical (unpaired) electrons. The van der Waals surface area contributed by atoms with Crippen molar-refractivity contribution in [1.82, 2.24) is 0 Å². The highest BCUT2D eigenvalue weighted by molar-refractivity contribution is 7.92. The van der Waals surface area contributed by atoms with Gasteiger partial charge < -0.3 is 9.84 Å². The summed E-state index contributed by atoms with van der Waals surface area (Å²) < 4.78 is 29.2. The van der Waals surface area contributed by atoms with Crippen LogP contribution in [-0.4, -0.2) is 31.5 Å². The van der Waals surface area contributed by atoms with Gasteiger partial charge in [0.15, 0.2) is 9.84 Å². The van der Waals surface area contributed by atoms with Crippen molar-refractivity contribution in [2.45, 2.75) is 29.1 Å². The fourth-order valence-electron chi connectivity index (χ4n) is 1.50. The van der Waals surface area contributed by atoms with Crippen molar-refractivity contribution in [3.05, 3.63) is 31.2 Å². The lowest BCUT2D eigenvalue weighted by atomic mass is 10.3. The van der Waals surface area contributed by atoms with Crippen molar-refractivity contribution < 1.29 is 18.3 Å². The molecule has 0 aliphatic heterocycles. The smallest absolute Gasteiger partial charge is 0.181 e. The predicted molar refractivity (Wildman–Crippen MR) is 63.5 cm³/mol. The number of hydrogen-bond acceptors (Lipinski definition) is 4. The maximum absolute atomic E-state index is 12.0. The zero-order valence-electron chi connectivity index (χ0n) is 9.37. The molecule has 1 fully saturated rings. The lowest BCUT2D eigenvalue weighted by Gasteiger charge is -2.09. The molecule has 1 N–H and O–H groups in total. The Labute approximate surface area is 101 Å². The van der Waals surface area contributed by atoms with E-state index in [2.05, 4.69) is 6.92 Å². The van der Waals surface area contributed by atoms with E-state index in [0.29, 0.717) is 5.75 Å². The van der Waals surface area contributed by atoms with Crippen molar-refractivity contribution in [2.75, 3.05) is 6.61 Å². The van der Waals surface area contributed by atoms with Gasteiger partial charge in [0.1, 0.15) is 12.4 Å². The third kappa shape index (κ3) is 2.98. The maximum Gasteiger partial charge on any atom is 0.181 e. The zero-order chi connectivity index (χ0) is 12.5. The fourth-order valence-corrected chi connectivity index (χ4v) is 3.19. The van der Waals surface area contributed by atoms with Crippen molar-refractivity contribution in [3.8, 4) is 5.75 Å². The van der Waals surface area contributed by atoms with E-state index in [9.17, 15) is 8.42 Å². The number of rotatable bonds is 5. The summed E-state index contributed by atoms with van der Waals surface area (Å²) in [6.07, 6.45) is 0.662. The molecule has 0 spiro atoms. The minimum Gasteiger partial charge on any atom is -0.491 e. The first-order valence-corrected chi connectivity index (χ1v) is 7.02. The van der Waals surface area contributed by atoms with Crippen LogP contribution in [0.5, 0.6) is 5.75 Å². The lowest BCUT2D eigenvalue weighted by Crippen LogP contribution is -2.13. The summed E-state index contributed by atoms with van der Waals surface area (Å²) in [4.78, 5) is 0.288. The molecule has 2 rings (SSSR count). The fraction of sp³-hybridized carbons (Fsp3) is 0.417. The maximum atomic E-state index is 12.0. The summed E-state index contributed by atoms with van der Waals surface area (Å²) in [6.45, 7) is 3.42. The van der Waals surface area contributed by atoms with Crippen LogP contribution in [0, 0.1) is 6.92 Å². The molecule has 1 saturated carbocycles. The van der Waals surface area contributed by atoms with E-state index in [1.807, 2.05) is 0 Å². The van der Waals surface area contributed by atoms with Crippen LogP contribution in [0.2, 0.25) is 0 Å². The molecule has 1 aliphatic carbocycles. The first-order chi connectivity index (χ1) is 8.00. The van der Waals surface area contributed by atoms with Gasteiger partial charge in [-0.1, -0.05) is 6.07 Å². The molecular formula is C12H15O4S. The molecule has 1 aromatic rings. The molecule has 0 heterocycles. The molecule has 0 amide bonds. The molecule has 4 nitrogen and oxygen atoms in total. The largest absolute Gasteiger partial charge is 0.491 e. The van der Waals surface area contributed by atoms with Gasteiger partial charge >= 0.3 is 0 Å². The second kappa shape index (κ2) is 4.66. The SMILES string of the molecule is [CH2][C@H](O)COc1cccc(S(=O)(=O)C2CC2)c1. The third-order valence-corrected chi connectivity index (χ3v) is 4.80. The molecule has 1 aromatic carbocycles. The first-order valence-electron chi connectivity index (χ1n) is 5.48. The van der Waals surface area contributed by atoms with E-state index in [4.69, 9.17) is 9.84 Å². The number of ether oxygens (including phenoxy) is 1. The van der Waals surface area contributed by atoms with Crippen LogP contribution in [-0.2, 0) is 9.84 Å². The average molecular weight is 255 g/mol. The lowest BCUT2D eigenvalue weighted by molar-refractivity contribution is 0.142. The summed E-state index contributed by atoms with van der Waals surface area (Å²) in [5.41, 5.74) is 0. The van der Waals surface area contributed by atoms with Gasteiger partial charge in [-0.25, -0.2) is 8.42 Å². The van der Waals surface area contributed by atoms with Crippen LogP contribution in [0.25, 0.3) is 0 Å². The summed E-state index contributed by atoms with van der Waals surface area (Å²) in [7, 11) is -3.18. The Kier molecular flexibility index (Phi) is 3.40. The zero-order valence-corrected chi connectivity index (χ0v) is 10.2. The van der Waals surface area contributed by atoms with Crippen LogP contribution >= 0.6 is 0 Å². The third-order valence-electron chi connectivity index (χ3n) is 2.54. The molecule has 17 heavy (non-hydrogen) atoms. The van der Waals surface area contributed by atoms with Gasteiger partial charge in [0.05, 0.1) is 16.2 Å². The first kappa shape index (κ1) is 12.4. The highest BCUT2D eigenvalue weighted by atomic mass is 32.2. The topological polar surface area (TPSA) is 63.6 Å². The Morgan fingerprint density at radius 3 is 2.76 bits per heavy atom. The van der Waals surface area contributed by atoms with Gasteiger partial charge in [0.25, 0.3) is 0 Å². The highest BCUT2D eigenvalue weighted by Gasteiger charge is 2.36. The van der Waals surface area contributed by atoms with E-state index >= 15 is 0 Å². The van der Waals surface area contributed by atoms with Gasteiger partial charge in [0, 0.05) is 0 Å². The average Bonchev–Trinajstić information content (AvgIpc) is 3.11. The van der Waals surface area contributed by atoms with Crippen molar-refractivity contribution >= 4 is 9.84 Å². The Morgan fingerprint density at radius 1 is 1.47 bits per heavy atom. The normalized spacial score (nSPS) is 17.8. The Balaban J connectivity index is 2.16. The Bertz CT molecular complexity index is 489. The molecule has 0 bridgehead atoms. The monoisotopic (exact) mass is 255 g/mol. The Hall–Kier alpha value is -1.07. The summed E-state index contributed by atoms with van der Waals surface area (Å²) >= 11 is 0. The van der Waals surface area contributed by atoms with Crippen molar-refractivity contribution in [2.24, 2.45) is 0 Å². The summed E-state index contributed by atoms with van der Waals surface area (Å²) in [5.74, 6) is 0.439. The number of sulfone groups is 1. The van der Waals surface area contributed by atoms with E-state index in [1.165, 1.54) is 6.07 Å². The molecule has 0 saturated heterocycles. The van der Waals surface area contributed by atoms with E-state index < -0.39 is 15.9 Å². The van der Waals surface area contributed by atoms with Crippen LogP contribution < -0.4 is 4.74 Å². The molecule has 1 aliphatic rings. The molecule has 1 atom stereocenters. The number of aliphatic hydroxyl groups is 1. The summed E-state index contributed by atoms with van der Waals surface area (Å²) in [6, 6.07) is 6.37. The highest BCUT2D eigenvalue weighted by Crippen LogP contribution is 2.34. The van der Waals surface area contributed by atoms with Crippen LogP contribution in [0.4, 0.5) is 0 Å². The molecular weight excluding hydrogens is 240 g/mol. The molecule has 93 valence electrons. The number of aliphatic hydroxyl groups excluding tert-OH is 1. The minimum absolute atomic E-state index is 0.0485. The number of benzene rings is 1. The van der Waals surface area contributed by atoms with Gasteiger partial charge in [-0.2, -0.15) is 0 Å². The molecule has 5 heteroatoms. The van der Waals surface area contributed by atoms with Gasteiger partial charge in [0.2, 0.25) is 0 Å². The van der Waals surface area contributed by atoms with Crippen LogP contribution in [0.1, 0.15) is 12.8 Å². The van der Waals surface area contributed by atoms with Gasteiger partial charge in [-0.15, -0.1) is 0 Å². The van der Waals surface area contributed by atoms with Gasteiger partial charge in [-0.05, 0) is 38.0 Å². The second-order valence-electron chi connectivity index (χ2n) is 4.18. The molecule has 0 unspecified atom stereocenters. The quantitative estimate of drug-likeness (QED) is 0.858. The minimum atomic E-state index is -3.18. The number of hydrogen-bond donors (Lipinski definition) is 1. The predicted octanol–water partition coefficient (Wildman–Crippen LogP) is 1.20. The molecule has 0 aromatic heterocycles. The standard InChI is InChI=1S/C12H15O4S/c1-9(13)8-16-10-3-2-4-12(7-10)17(14,15)11-5-6-11/h2-4,7,9,11,13H,1,5-6,8H2/t9-/m0/s1. The second-order valence-corrected chi connectivity index (χ2v) is 6.41. The Morgan fingerprint density at radius 2 is 2.18 bits per heavy atom. The van der Waals surface area contributed by atoms with Crippen LogP contribution in [0.15, 0.2) is 29.2 Å². The van der Waals surface area contributed by atoms with Crippen molar-refractivity contribution in [3.63, 3.8) is 0 Å². The summed E-state index contributed by atoms with van der Waals surface area (Å²) in [5, 5.41) is 8.76. The van der Waals surface area contributed by atoms with E-state index in [-0.39, 0.29) is 16.8 Å². The van der Waals surface area contributed by atoms with Crippen LogP contribution in [0.3, 0.4) is 0 Å².